The van der Waals surface area contributed by atoms with Crippen molar-refractivity contribution in [2.24, 2.45) is 0 Å². The van der Waals surface area contributed by atoms with Gasteiger partial charge in [-0.1, -0.05) is 42.5 Å². The first kappa shape index (κ1) is 22.1. The number of anilines is 1. The van der Waals surface area contributed by atoms with Crippen LogP contribution >= 0.6 is 24.4 Å². The lowest BCUT2D eigenvalue weighted by molar-refractivity contribution is -0.122. The Hall–Kier alpha value is -4.15. The van der Waals surface area contributed by atoms with Gasteiger partial charge < -0.3 is 5.11 Å². The molecule has 1 saturated heterocycles. The van der Waals surface area contributed by atoms with Crippen molar-refractivity contribution in [2.75, 3.05) is 4.90 Å². The molecule has 0 spiro atoms. The summed E-state index contributed by atoms with van der Waals surface area (Å²) >= 11 is 10.3. The van der Waals surface area contributed by atoms with Crippen LogP contribution in [0.3, 0.4) is 0 Å². The molecule has 0 saturated carbocycles. The Morgan fingerprint density at radius 3 is 2.12 bits per heavy atom. The first-order valence-corrected chi connectivity index (χ1v) is 10.5. The fourth-order valence-electron chi connectivity index (χ4n) is 3.23. The van der Waals surface area contributed by atoms with Gasteiger partial charge in [-0.2, -0.15) is 0 Å². The third kappa shape index (κ3) is 4.29. The van der Waals surface area contributed by atoms with Crippen molar-refractivity contribution in [3.05, 3.63) is 99.1 Å². The number of aromatic hydroxyl groups is 1. The molecule has 33 heavy (non-hydrogen) atoms. The molecule has 2 aromatic carbocycles. The average molecular weight is 477 g/mol. The highest BCUT2D eigenvalue weighted by molar-refractivity contribution is 7.80. The molecule has 0 radical (unpaired) electrons. The number of nitrogens with zero attached hydrogens (tertiary/aromatic N) is 2. The van der Waals surface area contributed by atoms with Gasteiger partial charge in [0.15, 0.2) is 9.88 Å². The molecule has 3 N–H and O–H groups in total. The number of H-pyrrole nitrogens is 1. The van der Waals surface area contributed by atoms with Gasteiger partial charge in [-0.3, -0.25) is 34.2 Å². The lowest BCUT2D eigenvalue weighted by Gasteiger charge is -2.28. The summed E-state index contributed by atoms with van der Waals surface area (Å²) in [5.74, 6) is -1.66. The van der Waals surface area contributed by atoms with Gasteiger partial charge in [-0.25, -0.2) is 0 Å². The minimum atomic E-state index is -0.666. The number of rotatable bonds is 4. The second kappa shape index (κ2) is 9.15. The number of aromatic nitrogens is 2. The number of hydrogen-bond acceptors (Lipinski definition) is 6. The summed E-state index contributed by atoms with van der Waals surface area (Å²) < 4.78 is 1.32. The molecule has 0 unspecified atom stereocenters. The normalized spacial score (nSPS) is 15.3. The second-order valence-electron chi connectivity index (χ2n) is 6.84. The van der Waals surface area contributed by atoms with Crippen LogP contribution < -0.4 is 15.8 Å². The summed E-state index contributed by atoms with van der Waals surface area (Å²) in [4.78, 5) is 41.4. The molecule has 1 aromatic heterocycles. The largest absolute Gasteiger partial charge is 0.494 e. The van der Waals surface area contributed by atoms with E-state index in [1.165, 1.54) is 27.7 Å². The average Bonchev–Trinajstić information content (AvgIpc) is 2.79. The summed E-state index contributed by atoms with van der Waals surface area (Å²) in [6, 6.07) is 17.4. The summed E-state index contributed by atoms with van der Waals surface area (Å²) in [6.07, 6.45) is 3.87. The van der Waals surface area contributed by atoms with E-state index in [0.717, 1.165) is 0 Å². The summed E-state index contributed by atoms with van der Waals surface area (Å²) in [5.41, 5.74) is 0.157. The fourth-order valence-corrected chi connectivity index (χ4v) is 3.80. The maximum atomic E-state index is 12.9. The topological polar surface area (TPSA) is 107 Å². The second-order valence-corrected chi connectivity index (χ2v) is 7.62. The summed E-state index contributed by atoms with van der Waals surface area (Å²) in [7, 11) is 0. The Morgan fingerprint density at radius 1 is 0.879 bits per heavy atom. The predicted octanol–water partition coefficient (Wildman–Crippen LogP) is 2.99. The maximum Gasteiger partial charge on any atom is 0.270 e. The highest BCUT2D eigenvalue weighted by atomic mass is 32.1. The molecule has 8 nitrogen and oxygen atoms in total. The molecule has 10 heteroatoms. The first-order valence-electron chi connectivity index (χ1n) is 9.65. The quantitative estimate of drug-likeness (QED) is 0.304. The number of para-hydroxylation sites is 2. The predicted molar refractivity (Wildman–Crippen MR) is 131 cm³/mol. The molecule has 164 valence electrons. The molecule has 1 aliphatic heterocycles. The number of amides is 2. The van der Waals surface area contributed by atoms with Crippen LogP contribution in [0.5, 0.6) is 5.88 Å². The Kier molecular flexibility index (Phi) is 6.11. The van der Waals surface area contributed by atoms with E-state index in [1.807, 2.05) is 0 Å². The molecule has 2 heterocycles. The van der Waals surface area contributed by atoms with Crippen molar-refractivity contribution in [2.45, 2.75) is 0 Å². The van der Waals surface area contributed by atoms with Gasteiger partial charge >= 0.3 is 0 Å². The van der Waals surface area contributed by atoms with Crippen LogP contribution in [0.2, 0.25) is 0 Å². The Labute approximate surface area is 198 Å². The standard InChI is InChI=1S/C23H16N4O4S2/c28-18-16(20(30)26(22(32)24-18)14-8-3-1-4-9-14)12-7-13-17-19(29)25-23(33)27(21(17)31)15-10-5-2-6-11-15/h1-13,30H,(H,24,28,32)(H,25,29,33)/b12-7+,17-13+. The number of aromatic amines is 1. The Balaban J connectivity index is 1.71. The Bertz CT molecular complexity index is 1440. The van der Waals surface area contributed by atoms with Gasteiger partial charge in [0, 0.05) is 0 Å². The van der Waals surface area contributed by atoms with Crippen molar-refractivity contribution in [3.8, 4) is 11.6 Å². The minimum Gasteiger partial charge on any atom is -0.494 e. The maximum absolute atomic E-state index is 12.9. The van der Waals surface area contributed by atoms with Gasteiger partial charge in [-0.05, 0) is 60.9 Å². The summed E-state index contributed by atoms with van der Waals surface area (Å²) in [5, 5.41) is 13.2. The molecular weight excluding hydrogens is 460 g/mol. The van der Waals surface area contributed by atoms with Crippen molar-refractivity contribution >= 4 is 53.1 Å². The van der Waals surface area contributed by atoms with Crippen LogP contribution in [-0.4, -0.2) is 31.6 Å². The highest BCUT2D eigenvalue weighted by Gasteiger charge is 2.33. The van der Waals surface area contributed by atoms with E-state index in [9.17, 15) is 19.5 Å². The van der Waals surface area contributed by atoms with Crippen molar-refractivity contribution in [1.29, 1.82) is 0 Å². The van der Waals surface area contributed by atoms with Crippen molar-refractivity contribution in [1.82, 2.24) is 14.9 Å². The van der Waals surface area contributed by atoms with E-state index in [2.05, 4.69) is 10.3 Å². The van der Waals surface area contributed by atoms with Crippen molar-refractivity contribution < 1.29 is 14.7 Å². The molecule has 1 aliphatic rings. The zero-order chi connectivity index (χ0) is 23.5. The Morgan fingerprint density at radius 2 is 1.48 bits per heavy atom. The zero-order valence-corrected chi connectivity index (χ0v) is 18.5. The molecule has 2 amide bonds. The molecule has 0 bridgehead atoms. The third-order valence-electron chi connectivity index (χ3n) is 4.78. The highest BCUT2D eigenvalue weighted by Crippen LogP contribution is 2.22. The lowest BCUT2D eigenvalue weighted by Crippen LogP contribution is -2.54. The number of carbonyl (C=O) groups excluding carboxylic acids is 2. The van der Waals surface area contributed by atoms with E-state index in [0.29, 0.717) is 11.4 Å². The first-order chi connectivity index (χ1) is 15.9. The van der Waals surface area contributed by atoms with Crippen LogP contribution in [0.1, 0.15) is 5.56 Å². The number of allylic oxidation sites excluding steroid dienone is 2. The molecule has 0 aliphatic carbocycles. The fraction of sp³-hybridized carbons (Fsp3) is 0. The van der Waals surface area contributed by atoms with E-state index >= 15 is 0 Å². The van der Waals surface area contributed by atoms with E-state index in [1.54, 1.807) is 60.7 Å². The van der Waals surface area contributed by atoms with Gasteiger partial charge in [0.05, 0.1) is 11.4 Å². The van der Waals surface area contributed by atoms with Crippen LogP contribution in [0.4, 0.5) is 5.69 Å². The number of nitrogens with one attached hydrogen (secondary N) is 2. The number of thiocarbonyl (C=S) groups is 1. The van der Waals surface area contributed by atoms with E-state index < -0.39 is 17.4 Å². The molecule has 1 fully saturated rings. The monoisotopic (exact) mass is 476 g/mol. The van der Waals surface area contributed by atoms with E-state index in [4.69, 9.17) is 24.4 Å². The molecular formula is C23H16N4O4S2. The van der Waals surface area contributed by atoms with Crippen LogP contribution in [0.25, 0.3) is 11.8 Å². The van der Waals surface area contributed by atoms with Crippen LogP contribution in [-0.2, 0) is 9.59 Å². The van der Waals surface area contributed by atoms with Gasteiger partial charge in [0.1, 0.15) is 11.1 Å². The lowest BCUT2D eigenvalue weighted by atomic mass is 10.1. The number of carbonyl (C=O) groups is 2. The van der Waals surface area contributed by atoms with Gasteiger partial charge in [0.2, 0.25) is 5.88 Å². The third-order valence-corrected chi connectivity index (χ3v) is 5.35. The smallest absolute Gasteiger partial charge is 0.270 e. The number of benzene rings is 2. The van der Waals surface area contributed by atoms with Crippen LogP contribution in [0, 0.1) is 4.77 Å². The van der Waals surface area contributed by atoms with E-state index in [-0.39, 0.29) is 26.9 Å². The SMILES string of the molecule is O=C1NC(=S)N(c2ccccc2)C(=O)/C1=C/C=C/c1c(O)n(-c2ccccc2)c(=S)[nH]c1=O. The molecule has 0 atom stereocenters. The number of hydrogen-bond donors (Lipinski definition) is 3. The van der Waals surface area contributed by atoms with Gasteiger partial charge in [0.25, 0.3) is 17.4 Å². The van der Waals surface area contributed by atoms with Crippen molar-refractivity contribution in [3.63, 3.8) is 0 Å². The minimum absolute atomic E-state index is 0.0213. The molecule has 3 aromatic rings. The molecule has 4 rings (SSSR count). The zero-order valence-electron chi connectivity index (χ0n) is 16.9. The van der Waals surface area contributed by atoms with Crippen LogP contribution in [0.15, 0.2) is 83.2 Å². The summed E-state index contributed by atoms with van der Waals surface area (Å²) in [6.45, 7) is 0. The van der Waals surface area contributed by atoms with Gasteiger partial charge in [-0.15, -0.1) is 0 Å².